The van der Waals surface area contributed by atoms with E-state index in [2.05, 4.69) is 31.7 Å². The Hall–Kier alpha value is -1.13. The van der Waals surface area contributed by atoms with Gasteiger partial charge in [0.2, 0.25) is 0 Å². The summed E-state index contributed by atoms with van der Waals surface area (Å²) in [4.78, 5) is 14.3. The number of nitrogens with zero attached hydrogens (tertiary/aromatic N) is 1. The lowest BCUT2D eigenvalue weighted by Gasteiger charge is -2.27. The summed E-state index contributed by atoms with van der Waals surface area (Å²) in [5, 5.41) is 10.6. The normalized spacial score (nSPS) is 20.9. The van der Waals surface area contributed by atoms with Crippen LogP contribution in [0.15, 0.2) is 17.5 Å². The summed E-state index contributed by atoms with van der Waals surface area (Å²) in [6, 6.07) is 2.09. The molecule has 1 aliphatic rings. The quantitative estimate of drug-likeness (QED) is 0.860. The number of rotatable bonds is 4. The first-order chi connectivity index (χ1) is 9.34. The molecule has 4 heteroatoms. The Labute approximate surface area is 124 Å². The monoisotopic (exact) mass is 293 g/mol. The van der Waals surface area contributed by atoms with Gasteiger partial charge in [-0.05, 0) is 47.4 Å². The van der Waals surface area contributed by atoms with Crippen LogP contribution in [-0.4, -0.2) is 29.1 Å². The predicted octanol–water partition coefficient (Wildman–Crippen LogP) is 3.71. The Morgan fingerprint density at radius 3 is 2.90 bits per heavy atom. The molecule has 1 saturated heterocycles. The number of hydrogen-bond donors (Lipinski definition) is 1. The lowest BCUT2D eigenvalue weighted by molar-refractivity contribution is -0.131. The van der Waals surface area contributed by atoms with Crippen LogP contribution in [0.3, 0.4) is 0 Å². The third-order valence-corrected chi connectivity index (χ3v) is 4.91. The minimum absolute atomic E-state index is 0.388. The molecular weight excluding hydrogens is 270 g/mol. The molecule has 110 valence electrons. The van der Waals surface area contributed by atoms with E-state index in [4.69, 9.17) is 5.11 Å². The zero-order chi connectivity index (χ0) is 14.8. The first-order valence-corrected chi connectivity index (χ1v) is 7.93. The van der Waals surface area contributed by atoms with Gasteiger partial charge in [0.15, 0.2) is 0 Å². The van der Waals surface area contributed by atoms with Crippen LogP contribution in [0.5, 0.6) is 0 Å². The molecule has 0 saturated carbocycles. The molecule has 0 aliphatic carbocycles. The summed E-state index contributed by atoms with van der Waals surface area (Å²) in [6.45, 7) is 10.3. The van der Waals surface area contributed by atoms with E-state index in [1.54, 1.807) is 17.4 Å². The van der Waals surface area contributed by atoms with Crippen LogP contribution >= 0.6 is 11.3 Å². The number of carboxylic acids is 1. The summed E-state index contributed by atoms with van der Waals surface area (Å²) in [6.07, 6.45) is 4.13. The van der Waals surface area contributed by atoms with Crippen LogP contribution in [0.25, 0.3) is 6.08 Å². The lowest BCUT2D eigenvalue weighted by Crippen LogP contribution is -2.25. The second-order valence-corrected chi connectivity index (χ2v) is 7.60. The Morgan fingerprint density at radius 2 is 2.30 bits per heavy atom. The van der Waals surface area contributed by atoms with Crippen LogP contribution in [0.2, 0.25) is 0 Å². The van der Waals surface area contributed by atoms with Gasteiger partial charge in [0.1, 0.15) is 0 Å². The average Bonchev–Trinajstić information content (AvgIpc) is 2.95. The third-order valence-electron chi connectivity index (χ3n) is 3.97. The number of hydrogen-bond acceptors (Lipinski definition) is 3. The molecule has 2 heterocycles. The van der Waals surface area contributed by atoms with Gasteiger partial charge in [-0.25, -0.2) is 4.79 Å². The van der Waals surface area contributed by atoms with Crippen molar-refractivity contribution in [1.29, 1.82) is 0 Å². The highest BCUT2D eigenvalue weighted by atomic mass is 32.1. The van der Waals surface area contributed by atoms with Crippen molar-refractivity contribution in [2.24, 2.45) is 11.3 Å². The number of carboxylic acid groups (broad SMARTS) is 1. The van der Waals surface area contributed by atoms with E-state index in [0.29, 0.717) is 5.41 Å². The maximum absolute atomic E-state index is 10.5. The van der Waals surface area contributed by atoms with Gasteiger partial charge in [0.05, 0.1) is 0 Å². The topological polar surface area (TPSA) is 40.5 Å². The van der Waals surface area contributed by atoms with Crippen molar-refractivity contribution in [2.75, 3.05) is 13.1 Å². The predicted molar refractivity (Wildman–Crippen MR) is 83.8 cm³/mol. The summed E-state index contributed by atoms with van der Waals surface area (Å²) >= 11 is 1.71. The Morgan fingerprint density at radius 1 is 1.55 bits per heavy atom. The van der Waals surface area contributed by atoms with Crippen molar-refractivity contribution >= 4 is 23.4 Å². The first kappa shape index (κ1) is 15.3. The third kappa shape index (κ3) is 4.18. The molecule has 0 spiro atoms. The molecule has 1 N–H and O–H groups in total. The lowest BCUT2D eigenvalue weighted by atomic mass is 9.80. The smallest absolute Gasteiger partial charge is 0.328 e. The van der Waals surface area contributed by atoms with Crippen molar-refractivity contribution in [3.05, 3.63) is 28.0 Å². The number of aliphatic carboxylic acids is 1. The van der Waals surface area contributed by atoms with Gasteiger partial charge >= 0.3 is 5.97 Å². The molecule has 0 amide bonds. The molecule has 1 aliphatic heterocycles. The van der Waals surface area contributed by atoms with Crippen molar-refractivity contribution in [3.8, 4) is 0 Å². The summed E-state index contributed by atoms with van der Waals surface area (Å²) < 4.78 is 0. The molecule has 1 unspecified atom stereocenters. The van der Waals surface area contributed by atoms with Gasteiger partial charge in [0.25, 0.3) is 0 Å². The van der Waals surface area contributed by atoms with Crippen LogP contribution in [0, 0.1) is 11.3 Å². The Bertz CT molecular complexity index is 499. The van der Waals surface area contributed by atoms with Crippen LogP contribution in [-0.2, 0) is 11.3 Å². The van der Waals surface area contributed by atoms with Gasteiger partial charge < -0.3 is 5.11 Å². The van der Waals surface area contributed by atoms with E-state index in [1.165, 1.54) is 30.5 Å². The van der Waals surface area contributed by atoms with Crippen molar-refractivity contribution in [3.63, 3.8) is 0 Å². The number of likely N-dealkylation sites (tertiary alicyclic amines) is 1. The second-order valence-electron chi connectivity index (χ2n) is 6.60. The van der Waals surface area contributed by atoms with E-state index < -0.39 is 5.97 Å². The van der Waals surface area contributed by atoms with E-state index in [-0.39, 0.29) is 0 Å². The minimum atomic E-state index is -0.898. The molecule has 0 bridgehead atoms. The highest BCUT2D eigenvalue weighted by molar-refractivity contribution is 7.10. The number of thiophene rings is 1. The van der Waals surface area contributed by atoms with Gasteiger partial charge in [0, 0.05) is 24.0 Å². The zero-order valence-electron chi connectivity index (χ0n) is 12.4. The van der Waals surface area contributed by atoms with Crippen LogP contribution in [0.4, 0.5) is 0 Å². The van der Waals surface area contributed by atoms with Crippen molar-refractivity contribution in [1.82, 2.24) is 4.90 Å². The highest BCUT2D eigenvalue weighted by Crippen LogP contribution is 2.34. The second kappa shape index (κ2) is 6.10. The average molecular weight is 293 g/mol. The fourth-order valence-electron chi connectivity index (χ4n) is 2.64. The molecule has 1 fully saturated rings. The van der Waals surface area contributed by atoms with Gasteiger partial charge in [-0.2, -0.15) is 0 Å². The first-order valence-electron chi connectivity index (χ1n) is 7.05. The molecule has 0 aromatic carbocycles. The molecule has 1 atom stereocenters. The van der Waals surface area contributed by atoms with Crippen LogP contribution in [0.1, 0.15) is 37.6 Å². The summed E-state index contributed by atoms with van der Waals surface area (Å²) in [7, 11) is 0. The molecule has 3 nitrogen and oxygen atoms in total. The molecule has 1 aromatic heterocycles. The highest BCUT2D eigenvalue weighted by Gasteiger charge is 2.31. The van der Waals surface area contributed by atoms with Crippen LogP contribution < -0.4 is 0 Å². The van der Waals surface area contributed by atoms with Gasteiger partial charge in [-0.1, -0.05) is 20.8 Å². The molecular formula is C16H23NO2S. The molecule has 2 rings (SSSR count). The summed E-state index contributed by atoms with van der Waals surface area (Å²) in [5.74, 6) is -0.126. The Balaban J connectivity index is 1.90. The maximum atomic E-state index is 10.5. The van der Waals surface area contributed by atoms with Gasteiger partial charge in [-0.3, -0.25) is 4.90 Å². The Kier molecular flexibility index (Phi) is 4.66. The zero-order valence-corrected chi connectivity index (χ0v) is 13.2. The molecule has 1 aromatic rings. The van der Waals surface area contributed by atoms with E-state index in [1.807, 2.05) is 5.38 Å². The largest absolute Gasteiger partial charge is 0.478 e. The van der Waals surface area contributed by atoms with E-state index >= 15 is 0 Å². The van der Waals surface area contributed by atoms with E-state index in [0.717, 1.165) is 18.0 Å². The SMILES string of the molecule is CC(C)(C)C1CCN(Cc2cc(/C=C/C(=O)O)cs2)C1. The fraction of sp³-hybridized carbons (Fsp3) is 0.562. The van der Waals surface area contributed by atoms with Crippen molar-refractivity contribution in [2.45, 2.75) is 33.7 Å². The molecule has 0 radical (unpaired) electrons. The minimum Gasteiger partial charge on any atom is -0.478 e. The number of carbonyl (C=O) groups is 1. The fourth-order valence-corrected chi connectivity index (χ4v) is 3.53. The standard InChI is InChI=1S/C16H23NO2S/c1-16(2,3)13-6-7-17(9-13)10-14-8-12(11-20-14)4-5-15(18)19/h4-5,8,11,13H,6-7,9-10H2,1-3H3,(H,18,19)/b5-4+. The molecule has 20 heavy (non-hydrogen) atoms. The van der Waals surface area contributed by atoms with Gasteiger partial charge in [-0.15, -0.1) is 11.3 Å². The summed E-state index contributed by atoms with van der Waals surface area (Å²) in [5.41, 5.74) is 1.37. The van der Waals surface area contributed by atoms with E-state index in [9.17, 15) is 4.79 Å². The van der Waals surface area contributed by atoms with Crippen molar-refractivity contribution < 1.29 is 9.90 Å². The maximum Gasteiger partial charge on any atom is 0.328 e.